The van der Waals surface area contributed by atoms with E-state index in [1.807, 2.05) is 30.0 Å². The summed E-state index contributed by atoms with van der Waals surface area (Å²) in [6.07, 6.45) is 4.03. The highest BCUT2D eigenvalue weighted by Crippen LogP contribution is 2.34. The second kappa shape index (κ2) is 9.63. The minimum atomic E-state index is -0.0304. The number of hydrogen-bond acceptors (Lipinski definition) is 6. The number of rotatable bonds is 5. The number of benzene rings is 1. The first-order valence-corrected chi connectivity index (χ1v) is 11.3. The number of nitrogens with zero attached hydrogens (tertiary/aromatic N) is 5. The Morgan fingerprint density at radius 3 is 2.41 bits per heavy atom. The number of aryl methyl sites for hydroxylation is 1. The first-order chi connectivity index (χ1) is 15.5. The summed E-state index contributed by atoms with van der Waals surface area (Å²) in [6.45, 7) is 8.39. The molecular weight excluding hydrogens is 424 g/mol. The van der Waals surface area contributed by atoms with Gasteiger partial charge in [0, 0.05) is 49.1 Å². The second-order valence-corrected chi connectivity index (χ2v) is 8.20. The van der Waals surface area contributed by atoms with Gasteiger partial charge in [-0.15, -0.1) is 0 Å². The molecule has 0 unspecified atom stereocenters. The smallest absolute Gasteiger partial charge is 0.255 e. The van der Waals surface area contributed by atoms with Crippen molar-refractivity contribution in [3.05, 3.63) is 59.1 Å². The number of likely N-dealkylation sites (N-methyl/N-ethyl adjacent to an activating group) is 1. The summed E-state index contributed by atoms with van der Waals surface area (Å²) in [5.74, 6) is 0.424. The number of amides is 1. The standard InChI is InChI=1S/C24H27ClN6O/c1-3-20-22(17-6-8-21(26)27-14-17)23(29-15-28-20)16-5-7-18(19(25)13-16)24(32)31-11-9-30(4-2)10-12-31/h5-8,13-15H,3-4,9-12H2,1-2H3,(H2,26,27). The fraction of sp³-hybridized carbons (Fsp3) is 0.333. The topological polar surface area (TPSA) is 88.2 Å². The predicted molar refractivity (Wildman–Crippen MR) is 128 cm³/mol. The maximum Gasteiger partial charge on any atom is 0.255 e. The molecule has 0 aliphatic carbocycles. The maximum atomic E-state index is 13.1. The number of aromatic nitrogens is 3. The summed E-state index contributed by atoms with van der Waals surface area (Å²) in [6, 6.07) is 9.19. The van der Waals surface area contributed by atoms with Gasteiger partial charge in [-0.1, -0.05) is 31.5 Å². The molecule has 0 atom stereocenters. The van der Waals surface area contributed by atoms with Gasteiger partial charge in [0.25, 0.3) is 5.91 Å². The Morgan fingerprint density at radius 2 is 1.78 bits per heavy atom. The Hall–Kier alpha value is -3.03. The zero-order valence-corrected chi connectivity index (χ0v) is 19.1. The lowest BCUT2D eigenvalue weighted by Gasteiger charge is -2.34. The highest BCUT2D eigenvalue weighted by Gasteiger charge is 2.24. The molecule has 32 heavy (non-hydrogen) atoms. The Balaban J connectivity index is 1.68. The van der Waals surface area contributed by atoms with Gasteiger partial charge in [0.1, 0.15) is 12.1 Å². The molecular formula is C24H27ClN6O. The van der Waals surface area contributed by atoms with Crippen molar-refractivity contribution in [2.24, 2.45) is 0 Å². The summed E-state index contributed by atoms with van der Waals surface area (Å²) in [5.41, 5.74) is 10.6. The Labute approximate surface area is 193 Å². The molecule has 0 spiro atoms. The van der Waals surface area contributed by atoms with E-state index in [-0.39, 0.29) is 5.91 Å². The van der Waals surface area contributed by atoms with Crippen molar-refractivity contribution in [3.8, 4) is 22.4 Å². The van der Waals surface area contributed by atoms with Crippen LogP contribution in [0.5, 0.6) is 0 Å². The fourth-order valence-electron chi connectivity index (χ4n) is 4.04. The van der Waals surface area contributed by atoms with Gasteiger partial charge >= 0.3 is 0 Å². The number of piperazine rings is 1. The van der Waals surface area contributed by atoms with E-state index in [1.165, 1.54) is 0 Å². The SMILES string of the molecule is CCc1ncnc(-c2ccc(C(=O)N3CCN(CC)CC3)c(Cl)c2)c1-c1ccc(N)nc1. The molecule has 0 saturated carbocycles. The van der Waals surface area contributed by atoms with E-state index in [0.29, 0.717) is 29.5 Å². The maximum absolute atomic E-state index is 13.1. The molecule has 2 aromatic heterocycles. The fourth-order valence-corrected chi connectivity index (χ4v) is 4.30. The van der Waals surface area contributed by atoms with Crippen molar-refractivity contribution in [1.29, 1.82) is 0 Å². The molecule has 7 nitrogen and oxygen atoms in total. The lowest BCUT2D eigenvalue weighted by atomic mass is 9.97. The first kappa shape index (κ1) is 22.2. The molecule has 0 radical (unpaired) electrons. The molecule has 166 valence electrons. The van der Waals surface area contributed by atoms with E-state index in [1.54, 1.807) is 24.7 Å². The van der Waals surface area contributed by atoms with Crippen molar-refractivity contribution in [2.75, 3.05) is 38.5 Å². The van der Waals surface area contributed by atoms with Crippen LogP contribution < -0.4 is 5.73 Å². The largest absolute Gasteiger partial charge is 0.384 e. The third-order valence-corrected chi connectivity index (χ3v) is 6.23. The minimum Gasteiger partial charge on any atom is -0.384 e. The van der Waals surface area contributed by atoms with E-state index in [0.717, 1.165) is 54.1 Å². The highest BCUT2D eigenvalue weighted by molar-refractivity contribution is 6.34. The average Bonchev–Trinajstić information content (AvgIpc) is 2.83. The summed E-state index contributed by atoms with van der Waals surface area (Å²) < 4.78 is 0. The Bertz CT molecular complexity index is 1110. The molecule has 2 N–H and O–H groups in total. The van der Waals surface area contributed by atoms with Gasteiger partial charge in [-0.05, 0) is 37.2 Å². The molecule has 0 bridgehead atoms. The second-order valence-electron chi connectivity index (χ2n) is 7.79. The van der Waals surface area contributed by atoms with E-state index in [2.05, 4.69) is 26.8 Å². The van der Waals surface area contributed by atoms with Crippen LogP contribution in [0.25, 0.3) is 22.4 Å². The van der Waals surface area contributed by atoms with E-state index in [9.17, 15) is 4.79 Å². The van der Waals surface area contributed by atoms with Crippen molar-refractivity contribution in [2.45, 2.75) is 20.3 Å². The normalized spacial score (nSPS) is 14.5. The van der Waals surface area contributed by atoms with Gasteiger partial charge in [-0.25, -0.2) is 15.0 Å². The van der Waals surface area contributed by atoms with Crippen molar-refractivity contribution in [1.82, 2.24) is 24.8 Å². The van der Waals surface area contributed by atoms with Crippen LogP contribution in [-0.4, -0.2) is 63.4 Å². The molecule has 3 heterocycles. The predicted octanol–water partition coefficient (Wildman–Crippen LogP) is 3.78. The van der Waals surface area contributed by atoms with E-state index >= 15 is 0 Å². The zero-order valence-electron chi connectivity index (χ0n) is 18.4. The van der Waals surface area contributed by atoms with E-state index in [4.69, 9.17) is 17.3 Å². The van der Waals surface area contributed by atoms with Crippen molar-refractivity contribution in [3.63, 3.8) is 0 Å². The lowest BCUT2D eigenvalue weighted by Crippen LogP contribution is -2.48. The van der Waals surface area contributed by atoms with Crippen LogP contribution in [0.2, 0.25) is 5.02 Å². The average molecular weight is 451 g/mol. The van der Waals surface area contributed by atoms with Crippen LogP contribution in [0.4, 0.5) is 5.82 Å². The highest BCUT2D eigenvalue weighted by atomic mass is 35.5. The molecule has 1 fully saturated rings. The third-order valence-electron chi connectivity index (χ3n) is 5.92. The van der Waals surface area contributed by atoms with Crippen molar-refractivity contribution >= 4 is 23.3 Å². The molecule has 1 aromatic carbocycles. The van der Waals surface area contributed by atoms with Crippen LogP contribution in [0, 0.1) is 0 Å². The Kier molecular flexibility index (Phi) is 6.67. The summed E-state index contributed by atoms with van der Waals surface area (Å²) in [5, 5.41) is 0.420. The number of carbonyl (C=O) groups excluding carboxylic acids is 1. The Morgan fingerprint density at radius 1 is 1.03 bits per heavy atom. The van der Waals surface area contributed by atoms with Gasteiger partial charge in [0.05, 0.1) is 22.0 Å². The van der Waals surface area contributed by atoms with Gasteiger partial charge in [0.15, 0.2) is 0 Å². The zero-order chi connectivity index (χ0) is 22.7. The summed E-state index contributed by atoms with van der Waals surface area (Å²) in [4.78, 5) is 30.5. The van der Waals surface area contributed by atoms with Crippen LogP contribution in [0.3, 0.4) is 0 Å². The number of hydrogen-bond donors (Lipinski definition) is 1. The number of nitrogen functional groups attached to an aromatic ring is 1. The summed E-state index contributed by atoms with van der Waals surface area (Å²) in [7, 11) is 0. The molecule has 1 amide bonds. The van der Waals surface area contributed by atoms with Gasteiger partial charge in [0.2, 0.25) is 0 Å². The number of carbonyl (C=O) groups is 1. The third kappa shape index (κ3) is 4.45. The number of pyridine rings is 1. The lowest BCUT2D eigenvalue weighted by molar-refractivity contribution is 0.0643. The van der Waals surface area contributed by atoms with Crippen molar-refractivity contribution < 1.29 is 4.79 Å². The minimum absolute atomic E-state index is 0.0304. The van der Waals surface area contributed by atoms with E-state index < -0.39 is 0 Å². The monoisotopic (exact) mass is 450 g/mol. The summed E-state index contributed by atoms with van der Waals surface area (Å²) >= 11 is 6.61. The van der Waals surface area contributed by atoms with Crippen LogP contribution in [0.1, 0.15) is 29.9 Å². The van der Waals surface area contributed by atoms with Gasteiger partial charge in [-0.3, -0.25) is 4.79 Å². The van der Waals surface area contributed by atoms with Crippen LogP contribution in [0.15, 0.2) is 42.9 Å². The van der Waals surface area contributed by atoms with Crippen LogP contribution in [-0.2, 0) is 6.42 Å². The number of anilines is 1. The number of nitrogens with two attached hydrogens (primary N) is 1. The van der Waals surface area contributed by atoms with Crippen LogP contribution >= 0.6 is 11.6 Å². The first-order valence-electron chi connectivity index (χ1n) is 10.9. The quantitative estimate of drug-likeness (QED) is 0.636. The molecule has 4 rings (SSSR count). The number of halogens is 1. The van der Waals surface area contributed by atoms with Gasteiger partial charge in [-0.2, -0.15) is 0 Å². The molecule has 1 aliphatic heterocycles. The molecule has 1 aliphatic rings. The molecule has 3 aromatic rings. The molecule has 1 saturated heterocycles. The van der Waals surface area contributed by atoms with Gasteiger partial charge < -0.3 is 15.5 Å². The molecule has 8 heteroatoms.